The van der Waals surface area contributed by atoms with E-state index in [0.29, 0.717) is 17.1 Å². The van der Waals surface area contributed by atoms with Crippen LogP contribution in [0.3, 0.4) is 0 Å². The van der Waals surface area contributed by atoms with Crippen LogP contribution in [0.5, 0.6) is 5.75 Å². The number of hydrogen-bond donors (Lipinski definition) is 1. The number of benzene rings is 2. The largest absolute Gasteiger partial charge is 0.497 e. The Bertz CT molecular complexity index is 817. The highest BCUT2D eigenvalue weighted by Gasteiger charge is 2.21. The Morgan fingerprint density at radius 3 is 2.38 bits per heavy atom. The predicted molar refractivity (Wildman–Crippen MR) is 95.0 cm³/mol. The molecule has 0 atom stereocenters. The second-order valence-electron chi connectivity index (χ2n) is 5.39. The number of hydrogen-bond acceptors (Lipinski definition) is 4. The Hall–Kier alpha value is -2.54. The van der Waals surface area contributed by atoms with E-state index in [2.05, 4.69) is 5.32 Å². The second-order valence-corrected chi connectivity index (χ2v) is 7.29. The maximum atomic E-state index is 12.2. The molecule has 0 saturated carbocycles. The average Bonchev–Trinajstić information content (AvgIpc) is 2.52. The molecule has 0 saturated heterocycles. The molecule has 1 N–H and O–H groups in total. The quantitative estimate of drug-likeness (QED) is 0.870. The topological polar surface area (TPSA) is 75.7 Å². The fourth-order valence-electron chi connectivity index (χ4n) is 2.20. The first-order valence-electron chi connectivity index (χ1n) is 7.28. The number of rotatable bonds is 6. The van der Waals surface area contributed by atoms with Crippen molar-refractivity contribution in [3.63, 3.8) is 0 Å². The molecular formula is C17H20N2O4S. The molecule has 0 aliphatic carbocycles. The van der Waals surface area contributed by atoms with E-state index in [1.54, 1.807) is 30.3 Å². The fraction of sp³-hybridized carbons (Fsp3) is 0.235. The first-order valence-corrected chi connectivity index (χ1v) is 9.13. The summed E-state index contributed by atoms with van der Waals surface area (Å²) in [7, 11) is -2.07. The van der Waals surface area contributed by atoms with Gasteiger partial charge in [-0.25, -0.2) is 8.42 Å². The van der Waals surface area contributed by atoms with E-state index in [0.717, 1.165) is 16.1 Å². The highest BCUT2D eigenvalue weighted by molar-refractivity contribution is 7.92. The van der Waals surface area contributed by atoms with Crippen LogP contribution in [-0.4, -0.2) is 34.2 Å². The van der Waals surface area contributed by atoms with E-state index in [1.807, 2.05) is 25.1 Å². The van der Waals surface area contributed by atoms with Crippen LogP contribution in [0.25, 0.3) is 0 Å². The van der Waals surface area contributed by atoms with Crippen LogP contribution in [0.4, 0.5) is 11.4 Å². The van der Waals surface area contributed by atoms with Gasteiger partial charge in [-0.3, -0.25) is 9.10 Å². The van der Waals surface area contributed by atoms with Crippen molar-refractivity contribution >= 4 is 27.3 Å². The minimum Gasteiger partial charge on any atom is -0.497 e. The molecule has 0 spiro atoms. The fourth-order valence-corrected chi connectivity index (χ4v) is 3.06. The number of anilines is 2. The number of nitrogens with zero attached hydrogens (tertiary/aromatic N) is 1. The van der Waals surface area contributed by atoms with Gasteiger partial charge in [0.15, 0.2) is 0 Å². The summed E-state index contributed by atoms with van der Waals surface area (Å²) in [6.07, 6.45) is 1.07. The molecule has 7 heteroatoms. The van der Waals surface area contributed by atoms with Crippen molar-refractivity contribution in [2.75, 3.05) is 29.5 Å². The molecule has 0 heterocycles. The molecule has 24 heavy (non-hydrogen) atoms. The van der Waals surface area contributed by atoms with Gasteiger partial charge in [-0.2, -0.15) is 0 Å². The first-order chi connectivity index (χ1) is 11.3. The van der Waals surface area contributed by atoms with E-state index in [9.17, 15) is 13.2 Å². The third-order valence-electron chi connectivity index (χ3n) is 3.35. The lowest BCUT2D eigenvalue weighted by atomic mass is 10.2. The molecule has 0 aromatic heterocycles. The van der Waals surface area contributed by atoms with Gasteiger partial charge < -0.3 is 10.1 Å². The zero-order valence-electron chi connectivity index (χ0n) is 13.8. The Morgan fingerprint density at radius 1 is 1.17 bits per heavy atom. The maximum Gasteiger partial charge on any atom is 0.245 e. The van der Waals surface area contributed by atoms with Crippen molar-refractivity contribution in [3.8, 4) is 5.75 Å². The van der Waals surface area contributed by atoms with Crippen LogP contribution >= 0.6 is 0 Å². The molecule has 2 aromatic rings. The number of aryl methyl sites for hydroxylation is 1. The molecule has 1 amide bonds. The predicted octanol–water partition coefficient (Wildman–Crippen LogP) is 2.41. The van der Waals surface area contributed by atoms with Crippen molar-refractivity contribution in [2.24, 2.45) is 0 Å². The summed E-state index contributed by atoms with van der Waals surface area (Å²) in [5, 5.41) is 2.71. The van der Waals surface area contributed by atoms with E-state index in [1.165, 1.54) is 7.11 Å². The number of sulfonamides is 1. The van der Waals surface area contributed by atoms with Gasteiger partial charge in [-0.05, 0) is 48.9 Å². The number of ether oxygens (including phenoxy) is 1. The molecule has 128 valence electrons. The summed E-state index contributed by atoms with van der Waals surface area (Å²) >= 11 is 0. The molecular weight excluding hydrogens is 328 g/mol. The summed E-state index contributed by atoms with van der Waals surface area (Å²) < 4.78 is 30.2. The third-order valence-corrected chi connectivity index (χ3v) is 4.49. The van der Waals surface area contributed by atoms with E-state index in [-0.39, 0.29) is 6.54 Å². The molecule has 0 unspecified atom stereocenters. The summed E-state index contributed by atoms with van der Waals surface area (Å²) in [5.74, 6) is 0.193. The Kier molecular flexibility index (Phi) is 5.46. The van der Waals surface area contributed by atoms with E-state index in [4.69, 9.17) is 4.74 Å². The number of methoxy groups -OCH3 is 1. The zero-order chi connectivity index (χ0) is 17.7. The average molecular weight is 348 g/mol. The molecule has 0 aliphatic heterocycles. The lowest BCUT2D eigenvalue weighted by molar-refractivity contribution is -0.114. The SMILES string of the molecule is COc1ccc(N(CC(=O)Nc2cccc(C)c2)S(C)(=O)=O)cc1. The van der Waals surface area contributed by atoms with Gasteiger partial charge >= 0.3 is 0 Å². The highest BCUT2D eigenvalue weighted by atomic mass is 32.2. The Labute approximate surface area is 142 Å². The van der Waals surface area contributed by atoms with Gasteiger partial charge in [0, 0.05) is 5.69 Å². The second kappa shape index (κ2) is 7.35. The van der Waals surface area contributed by atoms with Crippen LogP contribution in [-0.2, 0) is 14.8 Å². The smallest absolute Gasteiger partial charge is 0.245 e. The van der Waals surface area contributed by atoms with Crippen molar-refractivity contribution in [2.45, 2.75) is 6.92 Å². The number of nitrogens with one attached hydrogen (secondary N) is 1. The van der Waals surface area contributed by atoms with Gasteiger partial charge in [0.2, 0.25) is 15.9 Å². The van der Waals surface area contributed by atoms with Gasteiger partial charge in [-0.15, -0.1) is 0 Å². The molecule has 0 bridgehead atoms. The van der Waals surface area contributed by atoms with Gasteiger partial charge in [0.25, 0.3) is 0 Å². The zero-order valence-corrected chi connectivity index (χ0v) is 14.6. The normalized spacial score (nSPS) is 11.0. The van der Waals surface area contributed by atoms with Gasteiger partial charge in [0.05, 0.1) is 19.1 Å². The molecule has 2 rings (SSSR count). The molecule has 0 fully saturated rings. The lowest BCUT2D eigenvalue weighted by Gasteiger charge is -2.22. The lowest BCUT2D eigenvalue weighted by Crippen LogP contribution is -2.37. The van der Waals surface area contributed by atoms with Crippen molar-refractivity contribution in [3.05, 3.63) is 54.1 Å². The van der Waals surface area contributed by atoms with Crippen molar-refractivity contribution in [1.29, 1.82) is 0 Å². The standard InChI is InChI=1S/C17H20N2O4S/c1-13-5-4-6-14(11-13)18-17(20)12-19(24(3,21)22)15-7-9-16(23-2)10-8-15/h4-11H,12H2,1-3H3,(H,18,20). The van der Waals surface area contributed by atoms with Crippen LogP contribution in [0.2, 0.25) is 0 Å². The number of carbonyl (C=O) groups is 1. The molecule has 6 nitrogen and oxygen atoms in total. The maximum absolute atomic E-state index is 12.2. The van der Waals surface area contributed by atoms with Crippen molar-refractivity contribution in [1.82, 2.24) is 0 Å². The van der Waals surface area contributed by atoms with Crippen LogP contribution in [0.15, 0.2) is 48.5 Å². The van der Waals surface area contributed by atoms with Crippen LogP contribution < -0.4 is 14.4 Å². The monoisotopic (exact) mass is 348 g/mol. The Morgan fingerprint density at radius 2 is 1.83 bits per heavy atom. The molecule has 2 aromatic carbocycles. The van der Waals surface area contributed by atoms with Crippen LogP contribution in [0, 0.1) is 6.92 Å². The summed E-state index contributed by atoms with van der Waals surface area (Å²) in [4.78, 5) is 12.2. The van der Waals surface area contributed by atoms with Crippen LogP contribution in [0.1, 0.15) is 5.56 Å². The highest BCUT2D eigenvalue weighted by Crippen LogP contribution is 2.21. The van der Waals surface area contributed by atoms with Gasteiger partial charge in [-0.1, -0.05) is 12.1 Å². The molecule has 0 aliphatic rings. The Balaban J connectivity index is 2.18. The first kappa shape index (κ1) is 17.8. The summed E-state index contributed by atoms with van der Waals surface area (Å²) in [6, 6.07) is 13.8. The molecule has 0 radical (unpaired) electrons. The van der Waals surface area contributed by atoms with E-state index >= 15 is 0 Å². The minimum absolute atomic E-state index is 0.306. The summed E-state index contributed by atoms with van der Waals surface area (Å²) in [6.45, 7) is 1.61. The minimum atomic E-state index is -3.60. The summed E-state index contributed by atoms with van der Waals surface area (Å²) in [5.41, 5.74) is 2.03. The third kappa shape index (κ3) is 4.73. The van der Waals surface area contributed by atoms with Crippen molar-refractivity contribution < 1.29 is 17.9 Å². The van der Waals surface area contributed by atoms with E-state index < -0.39 is 15.9 Å². The van der Waals surface area contributed by atoms with Gasteiger partial charge in [0.1, 0.15) is 12.3 Å². The number of carbonyl (C=O) groups excluding carboxylic acids is 1. The number of amides is 1.